The fraction of sp³-hybridized carbons (Fsp3) is 0. The summed E-state index contributed by atoms with van der Waals surface area (Å²) in [7, 11) is 0. The Bertz CT molecular complexity index is 2800. The van der Waals surface area contributed by atoms with Gasteiger partial charge in [-0.05, 0) is 64.4 Å². The lowest BCUT2D eigenvalue weighted by Gasteiger charge is -2.27. The standard InChI is InChI=1S/C44H27NOS/c1-2-12-32-28(10-1)11-9-17-33(32)29-20-22-30(23-21-29)45(31-24-25-36-35-14-5-7-18-41(35)46-42(36)26-31)40-27-39-37-15-6-8-19-43(37)47-44(39)38-16-4-3-13-34(38)40/h1-27H. The molecule has 0 saturated heterocycles. The third-order valence-electron chi connectivity index (χ3n) is 9.45. The molecule has 0 amide bonds. The number of hydrogen-bond acceptors (Lipinski definition) is 3. The van der Waals surface area contributed by atoms with E-state index in [1.165, 1.54) is 52.8 Å². The largest absolute Gasteiger partial charge is 0.456 e. The van der Waals surface area contributed by atoms with Gasteiger partial charge in [0.15, 0.2) is 0 Å². The first-order valence-electron chi connectivity index (χ1n) is 15.9. The monoisotopic (exact) mass is 617 g/mol. The molecule has 2 heterocycles. The normalized spacial score (nSPS) is 11.8. The van der Waals surface area contributed by atoms with E-state index in [0.717, 1.165) is 39.0 Å². The minimum absolute atomic E-state index is 0.882. The predicted octanol–water partition coefficient (Wildman–Crippen LogP) is 13.4. The Labute approximate surface area is 275 Å². The van der Waals surface area contributed by atoms with Gasteiger partial charge < -0.3 is 9.32 Å². The number of hydrogen-bond donors (Lipinski definition) is 0. The van der Waals surface area contributed by atoms with Crippen molar-refractivity contribution in [2.45, 2.75) is 0 Å². The molecular weight excluding hydrogens is 591 g/mol. The van der Waals surface area contributed by atoms with E-state index in [2.05, 4.69) is 157 Å². The second-order valence-electron chi connectivity index (χ2n) is 12.1. The second kappa shape index (κ2) is 10.3. The lowest BCUT2D eigenvalue weighted by atomic mass is 9.97. The molecule has 0 spiro atoms. The van der Waals surface area contributed by atoms with Crippen molar-refractivity contribution < 1.29 is 4.42 Å². The summed E-state index contributed by atoms with van der Waals surface area (Å²) in [6.45, 7) is 0. The Balaban J connectivity index is 1.23. The number of para-hydroxylation sites is 1. The van der Waals surface area contributed by atoms with Crippen LogP contribution in [-0.4, -0.2) is 0 Å². The van der Waals surface area contributed by atoms with Gasteiger partial charge in [0.05, 0.1) is 5.69 Å². The summed E-state index contributed by atoms with van der Waals surface area (Å²) in [5, 5.41) is 9.82. The van der Waals surface area contributed by atoms with E-state index in [-0.39, 0.29) is 0 Å². The highest BCUT2D eigenvalue weighted by molar-refractivity contribution is 7.26. The van der Waals surface area contributed by atoms with Crippen LogP contribution in [0.3, 0.4) is 0 Å². The molecule has 0 radical (unpaired) electrons. The van der Waals surface area contributed by atoms with Gasteiger partial charge in [-0.25, -0.2) is 0 Å². The van der Waals surface area contributed by atoms with Crippen molar-refractivity contribution in [2.24, 2.45) is 0 Å². The average molecular weight is 618 g/mol. The molecule has 0 aliphatic rings. The van der Waals surface area contributed by atoms with Crippen LogP contribution in [0.5, 0.6) is 0 Å². The first kappa shape index (κ1) is 26.3. The number of fused-ring (bicyclic) bond motifs is 9. The minimum Gasteiger partial charge on any atom is -0.456 e. The van der Waals surface area contributed by atoms with Crippen molar-refractivity contribution in [3.05, 3.63) is 164 Å². The number of nitrogens with zero attached hydrogens (tertiary/aromatic N) is 1. The van der Waals surface area contributed by atoms with Crippen LogP contribution in [0.15, 0.2) is 168 Å². The molecule has 0 aliphatic carbocycles. The van der Waals surface area contributed by atoms with E-state index < -0.39 is 0 Å². The van der Waals surface area contributed by atoms with E-state index in [0.29, 0.717) is 0 Å². The highest BCUT2D eigenvalue weighted by Crippen LogP contribution is 2.47. The average Bonchev–Trinajstić information content (AvgIpc) is 3.70. The van der Waals surface area contributed by atoms with Crippen LogP contribution < -0.4 is 4.90 Å². The van der Waals surface area contributed by atoms with Crippen LogP contribution in [0.4, 0.5) is 17.1 Å². The molecule has 8 aromatic carbocycles. The molecule has 0 fully saturated rings. The zero-order valence-corrected chi connectivity index (χ0v) is 26.2. The quantitative estimate of drug-likeness (QED) is 0.195. The van der Waals surface area contributed by atoms with Crippen molar-refractivity contribution in [2.75, 3.05) is 4.90 Å². The van der Waals surface area contributed by atoms with Crippen LogP contribution >= 0.6 is 11.3 Å². The van der Waals surface area contributed by atoms with Crippen LogP contribution in [-0.2, 0) is 0 Å². The molecular formula is C44H27NOS. The van der Waals surface area contributed by atoms with Gasteiger partial charge in [-0.3, -0.25) is 0 Å². The Morgan fingerprint density at radius 3 is 1.96 bits per heavy atom. The lowest BCUT2D eigenvalue weighted by Crippen LogP contribution is -2.10. The molecule has 10 aromatic rings. The van der Waals surface area contributed by atoms with E-state index in [1.54, 1.807) is 0 Å². The molecule has 0 atom stereocenters. The van der Waals surface area contributed by atoms with E-state index in [1.807, 2.05) is 23.5 Å². The zero-order chi connectivity index (χ0) is 30.9. The summed E-state index contributed by atoms with van der Waals surface area (Å²) in [5.74, 6) is 0. The maximum atomic E-state index is 6.41. The molecule has 0 unspecified atom stereocenters. The Morgan fingerprint density at radius 1 is 0.426 bits per heavy atom. The maximum absolute atomic E-state index is 6.41. The fourth-order valence-corrected chi connectivity index (χ4v) is 8.48. The number of thiophene rings is 1. The smallest absolute Gasteiger partial charge is 0.137 e. The molecule has 47 heavy (non-hydrogen) atoms. The topological polar surface area (TPSA) is 16.4 Å². The van der Waals surface area contributed by atoms with E-state index in [4.69, 9.17) is 4.42 Å². The number of rotatable bonds is 4. The summed E-state index contributed by atoms with van der Waals surface area (Å²) in [4.78, 5) is 2.40. The van der Waals surface area contributed by atoms with Crippen molar-refractivity contribution >= 4 is 92.1 Å². The summed E-state index contributed by atoms with van der Waals surface area (Å²) < 4.78 is 9.04. The summed E-state index contributed by atoms with van der Waals surface area (Å²) in [5.41, 5.74) is 7.51. The van der Waals surface area contributed by atoms with Crippen LogP contribution in [0.2, 0.25) is 0 Å². The van der Waals surface area contributed by atoms with Crippen molar-refractivity contribution in [1.82, 2.24) is 0 Å². The third kappa shape index (κ3) is 4.10. The zero-order valence-electron chi connectivity index (χ0n) is 25.4. The number of anilines is 3. The Kier molecular flexibility index (Phi) is 5.78. The predicted molar refractivity (Wildman–Crippen MR) is 202 cm³/mol. The van der Waals surface area contributed by atoms with Gasteiger partial charge in [-0.2, -0.15) is 0 Å². The van der Waals surface area contributed by atoms with Crippen LogP contribution in [0, 0.1) is 0 Å². The second-order valence-corrected chi connectivity index (χ2v) is 13.2. The Morgan fingerprint density at radius 2 is 1.09 bits per heavy atom. The van der Waals surface area contributed by atoms with Gasteiger partial charge >= 0.3 is 0 Å². The molecule has 0 saturated carbocycles. The van der Waals surface area contributed by atoms with Gasteiger partial charge in [0.1, 0.15) is 11.2 Å². The summed E-state index contributed by atoms with van der Waals surface area (Å²) in [6.07, 6.45) is 0. The molecule has 10 rings (SSSR count). The van der Waals surface area contributed by atoms with Crippen LogP contribution in [0.25, 0.3) is 74.8 Å². The fourth-order valence-electron chi connectivity index (χ4n) is 7.26. The SMILES string of the molecule is c1ccc2c(-c3ccc(N(c4ccc5c(c4)oc4ccccc45)c4cc5c6ccccc6sc5c5ccccc45)cc3)cccc2c1. The van der Waals surface area contributed by atoms with Gasteiger partial charge in [0, 0.05) is 59.2 Å². The van der Waals surface area contributed by atoms with Gasteiger partial charge in [-0.1, -0.05) is 115 Å². The lowest BCUT2D eigenvalue weighted by molar-refractivity contribution is 0.669. The van der Waals surface area contributed by atoms with Gasteiger partial charge in [0.25, 0.3) is 0 Å². The molecule has 0 N–H and O–H groups in total. The number of furan rings is 1. The first-order valence-corrected chi connectivity index (χ1v) is 16.7. The van der Waals surface area contributed by atoms with Gasteiger partial charge in [0.2, 0.25) is 0 Å². The molecule has 2 aromatic heterocycles. The summed E-state index contributed by atoms with van der Waals surface area (Å²) >= 11 is 1.87. The Hall–Kier alpha value is -5.90. The molecule has 3 heteroatoms. The number of benzene rings is 8. The van der Waals surface area contributed by atoms with E-state index >= 15 is 0 Å². The minimum atomic E-state index is 0.882. The molecule has 0 bridgehead atoms. The van der Waals surface area contributed by atoms with Crippen molar-refractivity contribution in [3.63, 3.8) is 0 Å². The summed E-state index contributed by atoms with van der Waals surface area (Å²) in [6, 6.07) is 59.0. The van der Waals surface area contributed by atoms with Crippen molar-refractivity contribution in [1.29, 1.82) is 0 Å². The third-order valence-corrected chi connectivity index (χ3v) is 10.7. The molecule has 0 aliphatic heterocycles. The van der Waals surface area contributed by atoms with Crippen LogP contribution in [0.1, 0.15) is 0 Å². The van der Waals surface area contributed by atoms with Crippen molar-refractivity contribution in [3.8, 4) is 11.1 Å². The van der Waals surface area contributed by atoms with E-state index in [9.17, 15) is 0 Å². The van der Waals surface area contributed by atoms with Gasteiger partial charge in [-0.15, -0.1) is 11.3 Å². The highest BCUT2D eigenvalue weighted by Gasteiger charge is 2.21. The maximum Gasteiger partial charge on any atom is 0.137 e. The molecule has 2 nitrogen and oxygen atoms in total. The molecule has 220 valence electrons. The first-order chi connectivity index (χ1) is 23.3. The highest BCUT2D eigenvalue weighted by atomic mass is 32.1.